The first-order valence-corrected chi connectivity index (χ1v) is 9.67. The van der Waals surface area contributed by atoms with Crippen LogP contribution in [-0.2, 0) is 0 Å². The summed E-state index contributed by atoms with van der Waals surface area (Å²) in [6.45, 7) is 5.73. The largest absolute Gasteiger partial charge is 0.351 e. The fraction of sp³-hybridized carbons (Fsp3) is 0.562. The molecule has 136 valence electrons. The van der Waals surface area contributed by atoms with Gasteiger partial charge in [0.1, 0.15) is 0 Å². The second-order valence-electron chi connectivity index (χ2n) is 6.44. The summed E-state index contributed by atoms with van der Waals surface area (Å²) in [7, 11) is 0. The van der Waals surface area contributed by atoms with Crippen LogP contribution in [0.3, 0.4) is 0 Å². The summed E-state index contributed by atoms with van der Waals surface area (Å²) in [4.78, 5) is 9.01. The minimum Gasteiger partial charge on any atom is -0.351 e. The van der Waals surface area contributed by atoms with Crippen molar-refractivity contribution < 1.29 is 8.78 Å². The number of halogens is 4. The summed E-state index contributed by atoms with van der Waals surface area (Å²) in [5.41, 5.74) is 2.56. The predicted octanol–water partition coefficient (Wildman–Crippen LogP) is 5.10. The Hall–Kier alpha value is -1.09. The van der Waals surface area contributed by atoms with Crippen molar-refractivity contribution in [3.05, 3.63) is 26.0 Å². The molecule has 1 N–H and O–H groups in total. The molecule has 1 fully saturated rings. The van der Waals surface area contributed by atoms with Crippen molar-refractivity contribution in [1.29, 1.82) is 0 Å². The van der Waals surface area contributed by atoms with Gasteiger partial charge in [0.05, 0.1) is 26.0 Å². The highest BCUT2D eigenvalue weighted by Crippen LogP contribution is 2.34. The molecule has 1 aliphatic carbocycles. The zero-order valence-electron chi connectivity index (χ0n) is 14.2. The van der Waals surface area contributed by atoms with Crippen LogP contribution < -0.4 is 5.32 Å². The predicted molar refractivity (Wildman–Crippen MR) is 99.6 cm³/mol. The van der Waals surface area contributed by atoms with E-state index in [1.54, 1.807) is 4.68 Å². The van der Waals surface area contributed by atoms with Gasteiger partial charge in [0, 0.05) is 18.9 Å². The van der Waals surface area contributed by atoms with Gasteiger partial charge < -0.3 is 5.32 Å². The van der Waals surface area contributed by atoms with Gasteiger partial charge in [-0.05, 0) is 65.5 Å². The molecular formula is C16H19Br2F2N5. The molecule has 25 heavy (non-hydrogen) atoms. The number of rotatable bonds is 3. The van der Waals surface area contributed by atoms with Gasteiger partial charge in [-0.15, -0.1) is 0 Å². The van der Waals surface area contributed by atoms with Crippen molar-refractivity contribution in [3.8, 4) is 5.82 Å². The first-order valence-electron chi connectivity index (χ1n) is 8.08. The van der Waals surface area contributed by atoms with Crippen molar-refractivity contribution in [2.45, 2.75) is 58.4 Å². The Balaban J connectivity index is 1.90. The van der Waals surface area contributed by atoms with Crippen LogP contribution in [0.4, 0.5) is 14.7 Å². The molecule has 2 aromatic rings. The quantitative estimate of drug-likeness (QED) is 0.666. The number of aromatic nitrogens is 4. The first kappa shape index (κ1) is 18.7. The highest BCUT2D eigenvalue weighted by Gasteiger charge is 2.35. The summed E-state index contributed by atoms with van der Waals surface area (Å²) in [6.07, 6.45) is 0.618. The van der Waals surface area contributed by atoms with E-state index >= 15 is 0 Å². The molecule has 1 aliphatic rings. The Morgan fingerprint density at radius 3 is 2.24 bits per heavy atom. The maximum Gasteiger partial charge on any atom is 0.248 e. The molecule has 0 radical (unpaired) electrons. The molecule has 0 atom stereocenters. The molecule has 0 unspecified atom stereocenters. The van der Waals surface area contributed by atoms with Crippen molar-refractivity contribution in [2.24, 2.45) is 0 Å². The van der Waals surface area contributed by atoms with Gasteiger partial charge >= 0.3 is 0 Å². The second-order valence-corrected chi connectivity index (χ2v) is 8.03. The third-order valence-electron chi connectivity index (χ3n) is 4.45. The van der Waals surface area contributed by atoms with Crippen LogP contribution in [0.1, 0.15) is 42.8 Å². The Labute approximate surface area is 161 Å². The Bertz CT molecular complexity index is 796. The molecule has 0 bridgehead atoms. The van der Waals surface area contributed by atoms with E-state index in [1.165, 1.54) is 0 Å². The Morgan fingerprint density at radius 1 is 1.04 bits per heavy atom. The minimum absolute atomic E-state index is 0.0414. The smallest absolute Gasteiger partial charge is 0.248 e. The third kappa shape index (κ3) is 3.86. The van der Waals surface area contributed by atoms with Crippen molar-refractivity contribution in [3.63, 3.8) is 0 Å². The molecule has 1 saturated carbocycles. The van der Waals surface area contributed by atoms with E-state index in [0.717, 1.165) is 26.0 Å². The number of nitrogens with zero attached hydrogens (tertiary/aromatic N) is 4. The number of nitrogens with one attached hydrogen (secondary N) is 1. The maximum atomic E-state index is 13.3. The topological polar surface area (TPSA) is 55.6 Å². The van der Waals surface area contributed by atoms with E-state index in [1.807, 2.05) is 20.8 Å². The van der Waals surface area contributed by atoms with Crippen molar-refractivity contribution in [2.75, 3.05) is 5.32 Å². The first-order chi connectivity index (χ1) is 11.7. The maximum absolute atomic E-state index is 13.3. The van der Waals surface area contributed by atoms with Crippen LogP contribution in [-0.4, -0.2) is 31.7 Å². The normalized spacial score (nSPS) is 17.7. The minimum atomic E-state index is -2.55. The fourth-order valence-corrected chi connectivity index (χ4v) is 3.54. The van der Waals surface area contributed by atoms with Gasteiger partial charge in [-0.1, -0.05) is 0 Å². The van der Waals surface area contributed by atoms with Crippen LogP contribution in [0.25, 0.3) is 5.82 Å². The highest BCUT2D eigenvalue weighted by molar-refractivity contribution is 9.11. The molecule has 0 aliphatic heterocycles. The average molecular weight is 479 g/mol. The Morgan fingerprint density at radius 2 is 1.68 bits per heavy atom. The number of anilines is 1. The van der Waals surface area contributed by atoms with Gasteiger partial charge in [0.25, 0.3) is 0 Å². The fourth-order valence-electron chi connectivity index (χ4n) is 2.95. The lowest BCUT2D eigenvalue weighted by molar-refractivity contribution is -0.0361. The van der Waals surface area contributed by atoms with E-state index in [-0.39, 0.29) is 18.9 Å². The SMILES string of the molecule is Cc1nc(NC2CCC(F)(F)CC2)nc(-n2nc(C)c(Br)c2C)c1Br. The second kappa shape index (κ2) is 6.90. The zero-order valence-corrected chi connectivity index (χ0v) is 17.4. The summed E-state index contributed by atoms with van der Waals surface area (Å²) in [5, 5.41) is 7.72. The summed E-state index contributed by atoms with van der Waals surface area (Å²) < 4.78 is 30.1. The van der Waals surface area contributed by atoms with Crippen LogP contribution in [0.15, 0.2) is 8.95 Å². The number of hydrogen-bond donors (Lipinski definition) is 1. The molecule has 0 saturated heterocycles. The van der Waals surface area contributed by atoms with Crippen molar-refractivity contribution >= 4 is 37.8 Å². The van der Waals surface area contributed by atoms with E-state index in [9.17, 15) is 8.78 Å². The Kier molecular flexibility index (Phi) is 5.16. The van der Waals surface area contributed by atoms with Gasteiger partial charge in [-0.3, -0.25) is 0 Å². The van der Waals surface area contributed by atoms with Gasteiger partial charge in [-0.25, -0.2) is 18.4 Å². The van der Waals surface area contributed by atoms with Gasteiger partial charge in [-0.2, -0.15) is 10.1 Å². The van der Waals surface area contributed by atoms with Crippen LogP contribution in [0.5, 0.6) is 0 Å². The summed E-state index contributed by atoms with van der Waals surface area (Å²) in [6, 6.07) is -0.0414. The lowest BCUT2D eigenvalue weighted by Crippen LogP contribution is -2.32. The summed E-state index contributed by atoms with van der Waals surface area (Å²) in [5.74, 6) is -1.48. The molecular weight excluding hydrogens is 460 g/mol. The van der Waals surface area contributed by atoms with E-state index in [2.05, 4.69) is 52.2 Å². The van der Waals surface area contributed by atoms with Crippen molar-refractivity contribution in [1.82, 2.24) is 19.7 Å². The molecule has 0 spiro atoms. The monoisotopic (exact) mass is 477 g/mol. The lowest BCUT2D eigenvalue weighted by Gasteiger charge is -2.29. The molecule has 3 rings (SSSR count). The number of alkyl halides is 2. The van der Waals surface area contributed by atoms with Gasteiger partial charge in [0.2, 0.25) is 11.9 Å². The molecule has 2 aromatic heterocycles. The van der Waals surface area contributed by atoms with E-state index in [4.69, 9.17) is 0 Å². The van der Waals surface area contributed by atoms with E-state index < -0.39 is 5.92 Å². The molecule has 0 amide bonds. The molecule has 2 heterocycles. The third-order valence-corrected chi connectivity index (χ3v) is 6.53. The molecule has 5 nitrogen and oxygen atoms in total. The molecule has 0 aromatic carbocycles. The lowest BCUT2D eigenvalue weighted by atomic mass is 9.92. The standard InChI is InChI=1S/C16H19Br2F2N5/c1-8-13(18)14(25-10(3)12(17)9(2)24-25)23-15(21-8)22-11-4-6-16(19,20)7-5-11/h11H,4-7H2,1-3H3,(H,21,22,23). The zero-order chi connectivity index (χ0) is 18.4. The van der Waals surface area contributed by atoms with E-state index in [0.29, 0.717) is 24.6 Å². The number of aryl methyl sites for hydroxylation is 2. The molecule has 9 heteroatoms. The number of hydrogen-bond acceptors (Lipinski definition) is 4. The highest BCUT2D eigenvalue weighted by atomic mass is 79.9. The van der Waals surface area contributed by atoms with Crippen LogP contribution in [0.2, 0.25) is 0 Å². The van der Waals surface area contributed by atoms with Crippen LogP contribution in [0, 0.1) is 20.8 Å². The van der Waals surface area contributed by atoms with Crippen LogP contribution >= 0.6 is 31.9 Å². The summed E-state index contributed by atoms with van der Waals surface area (Å²) >= 11 is 7.05. The van der Waals surface area contributed by atoms with Gasteiger partial charge in [0.15, 0.2) is 5.82 Å². The average Bonchev–Trinajstić information content (AvgIpc) is 2.80.